The van der Waals surface area contributed by atoms with Crippen molar-refractivity contribution < 1.29 is 28.5 Å². The lowest BCUT2D eigenvalue weighted by Gasteiger charge is -2.28. The molecule has 1 aromatic carbocycles. The van der Waals surface area contributed by atoms with Crippen LogP contribution in [0.3, 0.4) is 0 Å². The minimum atomic E-state index is -0.575. The third kappa shape index (κ3) is 6.84. The van der Waals surface area contributed by atoms with Gasteiger partial charge in [-0.1, -0.05) is 20.3 Å². The van der Waals surface area contributed by atoms with Gasteiger partial charge in [-0.25, -0.2) is 4.79 Å². The van der Waals surface area contributed by atoms with Gasteiger partial charge in [0.05, 0.1) is 32.5 Å². The molecule has 2 atom stereocenters. The van der Waals surface area contributed by atoms with Crippen molar-refractivity contribution in [1.82, 2.24) is 0 Å². The molecule has 0 spiro atoms. The van der Waals surface area contributed by atoms with Crippen LogP contribution in [0.4, 0.5) is 0 Å². The second kappa shape index (κ2) is 12.1. The van der Waals surface area contributed by atoms with E-state index in [0.717, 1.165) is 24.3 Å². The Morgan fingerprint density at radius 3 is 2.10 bits per heavy atom. The molecule has 0 bridgehead atoms. The highest BCUT2D eigenvalue weighted by molar-refractivity contribution is 6.05. The lowest BCUT2D eigenvalue weighted by molar-refractivity contribution is -0.144. The molecule has 170 valence electrons. The van der Waals surface area contributed by atoms with Crippen molar-refractivity contribution in [3.05, 3.63) is 35.5 Å². The fraction of sp³-hybridized carbons (Fsp3) is 0.542. The maximum atomic E-state index is 12.6. The van der Waals surface area contributed by atoms with Crippen LogP contribution >= 0.6 is 0 Å². The summed E-state index contributed by atoms with van der Waals surface area (Å²) >= 11 is 0. The van der Waals surface area contributed by atoms with E-state index in [4.69, 9.17) is 18.9 Å². The Morgan fingerprint density at radius 1 is 0.968 bits per heavy atom. The number of unbranched alkanes of at least 4 members (excludes halogenated alkanes) is 1. The molecular weight excluding hydrogens is 398 g/mol. The predicted molar refractivity (Wildman–Crippen MR) is 118 cm³/mol. The highest BCUT2D eigenvalue weighted by Crippen LogP contribution is 2.32. The smallest absolute Gasteiger partial charge is 0.336 e. The lowest BCUT2D eigenvalue weighted by atomic mass is 9.81. The minimum absolute atomic E-state index is 0.214. The van der Waals surface area contributed by atoms with Crippen molar-refractivity contribution in [3.8, 4) is 11.5 Å². The summed E-state index contributed by atoms with van der Waals surface area (Å²) < 4.78 is 21.6. The van der Waals surface area contributed by atoms with Gasteiger partial charge in [-0.05, 0) is 44.5 Å². The van der Waals surface area contributed by atoms with Gasteiger partial charge in [0.1, 0.15) is 17.4 Å². The van der Waals surface area contributed by atoms with Crippen LogP contribution in [0.15, 0.2) is 40.5 Å². The van der Waals surface area contributed by atoms with E-state index in [-0.39, 0.29) is 12.5 Å². The molecule has 1 aliphatic rings. The molecule has 1 aliphatic heterocycles. The summed E-state index contributed by atoms with van der Waals surface area (Å²) in [4.78, 5) is 29.0. The number of ether oxygens (including phenoxy) is 4. The maximum absolute atomic E-state index is 12.6. The number of rotatable bonds is 11. The molecule has 0 aliphatic carbocycles. The number of carbonyl (C=O) groups is 2. The van der Waals surface area contributed by atoms with Gasteiger partial charge >= 0.3 is 11.9 Å². The molecule has 7 heteroatoms. The fourth-order valence-electron chi connectivity index (χ4n) is 3.55. The van der Waals surface area contributed by atoms with Gasteiger partial charge < -0.3 is 18.9 Å². The molecule has 2 rings (SSSR count). The summed E-state index contributed by atoms with van der Waals surface area (Å²) in [5.41, 5.74) is 1.64. The first kappa shape index (κ1) is 24.4. The van der Waals surface area contributed by atoms with Crippen molar-refractivity contribution in [2.24, 2.45) is 16.8 Å². The number of methoxy groups -OCH3 is 1. The molecule has 0 saturated heterocycles. The summed E-state index contributed by atoms with van der Waals surface area (Å²) in [5, 5.41) is 0. The number of esters is 2. The SMILES string of the molecule is CCCCOc1ccc(OCCCOC(=O)C2=C(C)N=C(C)C(C(=O)OC)C2C)cc1. The standard InChI is InChI=1S/C24H33NO6/c1-6-7-13-29-19-9-11-20(12-10-19)30-14-8-15-31-24(27)22-16(2)21(23(26)28-5)17(3)25-18(22)4/h9-12,16,21H,6-8,13-15H2,1-5H3. The van der Waals surface area contributed by atoms with E-state index < -0.39 is 17.9 Å². The lowest BCUT2D eigenvalue weighted by Crippen LogP contribution is -2.36. The largest absolute Gasteiger partial charge is 0.494 e. The second-order valence-corrected chi connectivity index (χ2v) is 7.55. The molecule has 0 aromatic heterocycles. The Labute approximate surface area is 184 Å². The van der Waals surface area contributed by atoms with E-state index in [2.05, 4.69) is 11.9 Å². The van der Waals surface area contributed by atoms with E-state index in [1.807, 2.05) is 31.2 Å². The molecule has 2 unspecified atom stereocenters. The summed E-state index contributed by atoms with van der Waals surface area (Å²) in [7, 11) is 1.33. The van der Waals surface area contributed by atoms with E-state index >= 15 is 0 Å². The molecule has 31 heavy (non-hydrogen) atoms. The van der Waals surface area contributed by atoms with Crippen molar-refractivity contribution >= 4 is 17.7 Å². The Kier molecular flexibility index (Phi) is 9.56. The zero-order valence-corrected chi connectivity index (χ0v) is 19.1. The predicted octanol–water partition coefficient (Wildman–Crippen LogP) is 4.35. The van der Waals surface area contributed by atoms with E-state index in [9.17, 15) is 9.59 Å². The molecule has 1 aromatic rings. The second-order valence-electron chi connectivity index (χ2n) is 7.55. The zero-order valence-electron chi connectivity index (χ0n) is 19.1. The van der Waals surface area contributed by atoms with Crippen LogP contribution < -0.4 is 9.47 Å². The summed E-state index contributed by atoms with van der Waals surface area (Å²) in [6.45, 7) is 8.80. The van der Waals surface area contributed by atoms with Crippen LogP contribution in [0.1, 0.15) is 47.0 Å². The van der Waals surface area contributed by atoms with E-state index in [1.54, 1.807) is 13.8 Å². The van der Waals surface area contributed by atoms with Crippen molar-refractivity contribution in [1.29, 1.82) is 0 Å². The highest BCUT2D eigenvalue weighted by Gasteiger charge is 2.38. The van der Waals surface area contributed by atoms with Crippen molar-refractivity contribution in [2.75, 3.05) is 26.9 Å². The van der Waals surface area contributed by atoms with Crippen LogP contribution in [-0.4, -0.2) is 44.6 Å². The normalized spacial score (nSPS) is 18.3. The number of benzene rings is 1. The number of carbonyl (C=O) groups excluding carboxylic acids is 2. The average molecular weight is 432 g/mol. The van der Waals surface area contributed by atoms with Crippen LogP contribution in [0.5, 0.6) is 11.5 Å². The molecule has 0 N–H and O–H groups in total. The summed E-state index contributed by atoms with van der Waals surface area (Å²) in [6.07, 6.45) is 2.67. The molecule has 0 radical (unpaired) electrons. The number of aliphatic imine (C=N–C) groups is 1. The van der Waals surface area contributed by atoms with Crippen LogP contribution in [-0.2, 0) is 19.1 Å². The number of hydrogen-bond donors (Lipinski definition) is 0. The number of allylic oxidation sites excluding steroid dienone is 1. The van der Waals surface area contributed by atoms with E-state index in [1.165, 1.54) is 7.11 Å². The average Bonchev–Trinajstić information content (AvgIpc) is 2.74. The first-order valence-electron chi connectivity index (χ1n) is 10.8. The van der Waals surface area contributed by atoms with Crippen molar-refractivity contribution in [3.63, 3.8) is 0 Å². The van der Waals surface area contributed by atoms with Gasteiger partial charge in [0.25, 0.3) is 0 Å². The van der Waals surface area contributed by atoms with Crippen LogP contribution in [0.25, 0.3) is 0 Å². The molecule has 0 saturated carbocycles. The Bertz CT molecular complexity index is 812. The Balaban J connectivity index is 1.79. The highest BCUT2D eigenvalue weighted by atomic mass is 16.5. The summed E-state index contributed by atoms with van der Waals surface area (Å²) in [5.74, 6) is -0.229. The van der Waals surface area contributed by atoms with Gasteiger partial charge in [-0.15, -0.1) is 0 Å². The van der Waals surface area contributed by atoms with Gasteiger partial charge in [0.2, 0.25) is 0 Å². The third-order valence-corrected chi connectivity index (χ3v) is 5.20. The van der Waals surface area contributed by atoms with Gasteiger partial charge in [-0.2, -0.15) is 0 Å². The zero-order chi connectivity index (χ0) is 22.8. The molecule has 0 fully saturated rings. The van der Waals surface area contributed by atoms with Gasteiger partial charge in [0.15, 0.2) is 0 Å². The first-order valence-corrected chi connectivity index (χ1v) is 10.8. The van der Waals surface area contributed by atoms with Crippen molar-refractivity contribution in [2.45, 2.75) is 47.0 Å². The maximum Gasteiger partial charge on any atom is 0.336 e. The fourth-order valence-corrected chi connectivity index (χ4v) is 3.55. The molecule has 7 nitrogen and oxygen atoms in total. The topological polar surface area (TPSA) is 83.4 Å². The van der Waals surface area contributed by atoms with Gasteiger partial charge in [-0.3, -0.25) is 9.79 Å². The number of hydrogen-bond acceptors (Lipinski definition) is 7. The quantitative estimate of drug-likeness (QED) is 0.383. The van der Waals surface area contributed by atoms with Crippen LogP contribution in [0.2, 0.25) is 0 Å². The molecule has 1 heterocycles. The minimum Gasteiger partial charge on any atom is -0.494 e. The Morgan fingerprint density at radius 2 is 1.55 bits per heavy atom. The summed E-state index contributed by atoms with van der Waals surface area (Å²) in [6, 6.07) is 7.48. The van der Waals surface area contributed by atoms with Crippen LogP contribution in [0, 0.1) is 11.8 Å². The number of nitrogens with zero attached hydrogens (tertiary/aromatic N) is 1. The van der Waals surface area contributed by atoms with Gasteiger partial charge in [0, 0.05) is 23.7 Å². The molecule has 0 amide bonds. The van der Waals surface area contributed by atoms with E-state index in [0.29, 0.717) is 36.6 Å². The Hall–Kier alpha value is -2.83. The monoisotopic (exact) mass is 431 g/mol. The molecular formula is C24H33NO6. The first-order chi connectivity index (χ1) is 14.9. The third-order valence-electron chi connectivity index (χ3n) is 5.20.